The second-order valence-electron chi connectivity index (χ2n) is 8.53. The van der Waals surface area contributed by atoms with Crippen molar-refractivity contribution in [2.24, 2.45) is 0 Å². The van der Waals surface area contributed by atoms with Gasteiger partial charge in [0, 0.05) is 18.2 Å². The fraction of sp³-hybridized carbons (Fsp3) is 0.538. The Morgan fingerprint density at radius 1 is 1.09 bits per heavy atom. The molecule has 2 aromatic carbocycles. The molecule has 1 unspecified atom stereocenters. The molecular formula is C26H38N2O4. The van der Waals surface area contributed by atoms with Crippen LogP contribution in [0.3, 0.4) is 0 Å². The number of unbranched alkanes of at least 4 members (excludes halogenated alkanes) is 1. The first-order valence-corrected chi connectivity index (χ1v) is 11.7. The Labute approximate surface area is 192 Å². The highest BCUT2D eigenvalue weighted by atomic mass is 16.5. The summed E-state index contributed by atoms with van der Waals surface area (Å²) in [6.45, 7) is 2.61. The summed E-state index contributed by atoms with van der Waals surface area (Å²) >= 11 is 0. The Balaban J connectivity index is 1.71. The average molecular weight is 443 g/mol. The molecule has 32 heavy (non-hydrogen) atoms. The van der Waals surface area contributed by atoms with Crippen LogP contribution < -0.4 is 14.8 Å². The number of rotatable bonds is 12. The number of benzene rings is 2. The molecular weight excluding hydrogens is 404 g/mol. The summed E-state index contributed by atoms with van der Waals surface area (Å²) in [5.74, 6) is 1.70. The van der Waals surface area contributed by atoms with Crippen molar-refractivity contribution in [3.63, 3.8) is 0 Å². The molecule has 1 fully saturated rings. The van der Waals surface area contributed by atoms with E-state index in [1.54, 1.807) is 14.2 Å². The maximum atomic E-state index is 9.63. The van der Waals surface area contributed by atoms with Crippen LogP contribution in [0.2, 0.25) is 0 Å². The van der Waals surface area contributed by atoms with Gasteiger partial charge in [-0.15, -0.1) is 0 Å². The number of piperidine rings is 1. The number of nitrogens with zero attached hydrogens (tertiary/aromatic N) is 1. The molecule has 0 spiro atoms. The number of likely N-dealkylation sites (tertiary alicyclic amines) is 1. The van der Waals surface area contributed by atoms with Crippen molar-refractivity contribution in [2.75, 3.05) is 33.9 Å². The first kappa shape index (κ1) is 24.5. The predicted octanol–water partition coefficient (Wildman–Crippen LogP) is 3.52. The van der Waals surface area contributed by atoms with Crippen LogP contribution in [0.1, 0.15) is 49.3 Å². The molecule has 0 aliphatic carbocycles. The Kier molecular flexibility index (Phi) is 9.81. The topological polar surface area (TPSA) is 74.2 Å². The second kappa shape index (κ2) is 12.8. The van der Waals surface area contributed by atoms with Crippen LogP contribution >= 0.6 is 0 Å². The van der Waals surface area contributed by atoms with Gasteiger partial charge in [-0.3, -0.25) is 4.90 Å². The lowest BCUT2D eigenvalue weighted by Crippen LogP contribution is -2.48. The maximum absolute atomic E-state index is 9.63. The molecule has 176 valence electrons. The van der Waals surface area contributed by atoms with Gasteiger partial charge in [0.25, 0.3) is 0 Å². The van der Waals surface area contributed by atoms with Gasteiger partial charge < -0.3 is 25.0 Å². The van der Waals surface area contributed by atoms with E-state index in [2.05, 4.69) is 40.5 Å². The molecule has 6 heteroatoms. The lowest BCUT2D eigenvalue weighted by molar-refractivity contribution is 0.0804. The second-order valence-corrected chi connectivity index (χ2v) is 8.53. The van der Waals surface area contributed by atoms with Gasteiger partial charge in [-0.2, -0.15) is 0 Å². The molecule has 0 bridgehead atoms. The summed E-state index contributed by atoms with van der Waals surface area (Å²) in [6, 6.07) is 17.3. The monoisotopic (exact) mass is 442 g/mol. The Bertz CT molecular complexity index is 802. The molecule has 3 rings (SSSR count). The van der Waals surface area contributed by atoms with Crippen molar-refractivity contribution in [2.45, 2.75) is 56.8 Å². The fourth-order valence-electron chi connectivity index (χ4n) is 4.67. The summed E-state index contributed by atoms with van der Waals surface area (Å²) in [5, 5.41) is 22.5. The number of hydrogen-bond acceptors (Lipinski definition) is 6. The molecule has 0 amide bonds. The lowest BCUT2D eigenvalue weighted by atomic mass is 9.89. The third-order valence-electron chi connectivity index (χ3n) is 6.36. The van der Waals surface area contributed by atoms with Gasteiger partial charge in [-0.1, -0.05) is 30.3 Å². The number of ether oxygens (including phenoxy) is 2. The molecule has 1 aliphatic heterocycles. The summed E-state index contributed by atoms with van der Waals surface area (Å²) < 4.78 is 11.0. The minimum atomic E-state index is -0.603. The highest BCUT2D eigenvalue weighted by molar-refractivity contribution is 5.40. The van der Waals surface area contributed by atoms with E-state index in [9.17, 15) is 5.11 Å². The van der Waals surface area contributed by atoms with Crippen molar-refractivity contribution >= 4 is 0 Å². The molecule has 0 aromatic heterocycles. The minimum absolute atomic E-state index is 0.157. The number of nitrogens with one attached hydrogen (secondary N) is 1. The zero-order valence-electron chi connectivity index (χ0n) is 19.4. The quantitative estimate of drug-likeness (QED) is 0.437. The molecule has 1 saturated heterocycles. The molecule has 3 N–H and O–H groups in total. The molecule has 1 aliphatic rings. The Morgan fingerprint density at radius 3 is 2.62 bits per heavy atom. The van der Waals surface area contributed by atoms with Crippen molar-refractivity contribution < 1.29 is 19.7 Å². The normalized spacial score (nSPS) is 20.1. The van der Waals surface area contributed by atoms with Crippen LogP contribution in [0.15, 0.2) is 48.5 Å². The smallest absolute Gasteiger partial charge is 0.123 e. The van der Waals surface area contributed by atoms with E-state index in [0.29, 0.717) is 25.0 Å². The van der Waals surface area contributed by atoms with E-state index in [1.165, 1.54) is 5.56 Å². The highest BCUT2D eigenvalue weighted by Gasteiger charge is 2.32. The average Bonchev–Trinajstić information content (AvgIpc) is 2.85. The van der Waals surface area contributed by atoms with Gasteiger partial charge in [0.05, 0.1) is 33.0 Å². The summed E-state index contributed by atoms with van der Waals surface area (Å²) in [7, 11) is 3.39. The maximum Gasteiger partial charge on any atom is 0.123 e. The highest BCUT2D eigenvalue weighted by Crippen LogP contribution is 2.32. The SMILES string of the molecule is COc1ccc(OC)c(CN[C@@H]2CCCN(CCCCC(O)CO)[C@@H]2c2ccccc2)c1. The molecule has 3 atom stereocenters. The molecule has 0 saturated carbocycles. The van der Waals surface area contributed by atoms with Crippen LogP contribution in [0.25, 0.3) is 0 Å². The van der Waals surface area contributed by atoms with E-state index in [0.717, 1.165) is 55.8 Å². The summed E-state index contributed by atoms with van der Waals surface area (Å²) in [6.07, 6.45) is 4.24. The van der Waals surface area contributed by atoms with Crippen molar-refractivity contribution in [1.82, 2.24) is 10.2 Å². The zero-order valence-corrected chi connectivity index (χ0v) is 19.4. The number of aliphatic hydroxyl groups is 2. The number of aliphatic hydroxyl groups excluding tert-OH is 2. The number of hydrogen-bond donors (Lipinski definition) is 3. The first-order valence-electron chi connectivity index (χ1n) is 11.7. The van der Waals surface area contributed by atoms with Gasteiger partial charge in [0.15, 0.2) is 0 Å². The third kappa shape index (κ3) is 6.69. The summed E-state index contributed by atoms with van der Waals surface area (Å²) in [5.41, 5.74) is 2.42. The van der Waals surface area contributed by atoms with E-state index in [4.69, 9.17) is 14.6 Å². The van der Waals surface area contributed by atoms with Crippen LogP contribution in [-0.2, 0) is 6.54 Å². The van der Waals surface area contributed by atoms with Crippen LogP contribution in [-0.4, -0.2) is 61.2 Å². The van der Waals surface area contributed by atoms with Crippen molar-refractivity contribution in [3.8, 4) is 11.5 Å². The summed E-state index contributed by atoms with van der Waals surface area (Å²) in [4.78, 5) is 2.57. The Morgan fingerprint density at radius 2 is 1.91 bits per heavy atom. The fourth-order valence-corrected chi connectivity index (χ4v) is 4.67. The van der Waals surface area contributed by atoms with E-state index in [-0.39, 0.29) is 6.61 Å². The van der Waals surface area contributed by atoms with Gasteiger partial charge in [-0.25, -0.2) is 0 Å². The number of methoxy groups -OCH3 is 2. The Hall–Kier alpha value is -2.12. The van der Waals surface area contributed by atoms with Gasteiger partial charge in [0.1, 0.15) is 11.5 Å². The standard InChI is InChI=1S/C26H38N2O4/c1-31-23-13-14-25(32-2)21(17-23)18-27-24-12-8-16-28(15-7-6-11-22(30)19-29)26(24)20-9-4-3-5-10-20/h3-5,9-10,13-14,17,22,24,26-27,29-30H,6-8,11-12,15-16,18-19H2,1-2H3/t22?,24-,26-/m1/s1. The largest absolute Gasteiger partial charge is 0.497 e. The molecule has 6 nitrogen and oxygen atoms in total. The van der Waals surface area contributed by atoms with Crippen LogP contribution in [0, 0.1) is 0 Å². The first-order chi connectivity index (χ1) is 15.7. The van der Waals surface area contributed by atoms with Crippen LogP contribution in [0.4, 0.5) is 0 Å². The van der Waals surface area contributed by atoms with Gasteiger partial charge in [0.2, 0.25) is 0 Å². The van der Waals surface area contributed by atoms with Crippen LogP contribution in [0.5, 0.6) is 11.5 Å². The lowest BCUT2D eigenvalue weighted by Gasteiger charge is -2.42. The van der Waals surface area contributed by atoms with E-state index in [1.807, 2.05) is 18.2 Å². The molecule has 0 radical (unpaired) electrons. The van der Waals surface area contributed by atoms with Gasteiger partial charge in [-0.05, 0) is 69.0 Å². The zero-order chi connectivity index (χ0) is 22.8. The van der Waals surface area contributed by atoms with Crippen molar-refractivity contribution in [3.05, 3.63) is 59.7 Å². The van der Waals surface area contributed by atoms with Crippen molar-refractivity contribution in [1.29, 1.82) is 0 Å². The predicted molar refractivity (Wildman–Crippen MR) is 127 cm³/mol. The minimum Gasteiger partial charge on any atom is -0.497 e. The molecule has 2 aromatic rings. The van der Waals surface area contributed by atoms with Gasteiger partial charge >= 0.3 is 0 Å². The molecule has 1 heterocycles. The van der Waals surface area contributed by atoms with E-state index >= 15 is 0 Å². The third-order valence-corrected chi connectivity index (χ3v) is 6.36. The van der Waals surface area contributed by atoms with E-state index < -0.39 is 6.10 Å².